The number of amides is 2. The number of nitrogens with zero attached hydrogens (tertiary/aromatic N) is 2. The van der Waals surface area contributed by atoms with Gasteiger partial charge in [-0.25, -0.2) is 22.5 Å². The van der Waals surface area contributed by atoms with Gasteiger partial charge in [0.1, 0.15) is 10.6 Å². The Morgan fingerprint density at radius 1 is 1.19 bits per heavy atom. The van der Waals surface area contributed by atoms with Crippen molar-refractivity contribution < 1.29 is 32.1 Å². The summed E-state index contributed by atoms with van der Waals surface area (Å²) in [6.45, 7) is 10.1. The molecule has 2 amide bonds. The van der Waals surface area contributed by atoms with Crippen LogP contribution in [0.15, 0.2) is 41.6 Å². The Labute approximate surface area is 211 Å². The molecule has 1 aromatic carbocycles. The quantitative estimate of drug-likeness (QED) is 0.237. The lowest BCUT2D eigenvalue weighted by Crippen LogP contribution is -2.42. The zero-order valence-corrected chi connectivity index (χ0v) is 22.5. The SMILES string of the molecule is CCN(CC)CCCc1cc(Nc2ccncc2S(=O)(=O)NC(=O)NC(C)C)ccc1OP(=O)(O)O. The number of aryl methyl sites for hydroxylation is 1. The molecule has 0 bridgehead atoms. The number of rotatable bonds is 13. The molecule has 1 heterocycles. The number of aromatic nitrogens is 1. The number of phosphoric ester groups is 1. The molecule has 0 atom stereocenters. The summed E-state index contributed by atoms with van der Waals surface area (Å²) in [4.78, 5) is 36.4. The van der Waals surface area contributed by atoms with Crippen molar-refractivity contribution in [2.24, 2.45) is 0 Å². The number of anilines is 2. The van der Waals surface area contributed by atoms with Crippen LogP contribution < -0.4 is 19.9 Å². The lowest BCUT2D eigenvalue weighted by atomic mass is 10.1. The number of sulfonamides is 1. The normalized spacial score (nSPS) is 12.0. The van der Waals surface area contributed by atoms with Gasteiger partial charge in [0.25, 0.3) is 10.0 Å². The monoisotopic (exact) mass is 543 g/mol. The van der Waals surface area contributed by atoms with Gasteiger partial charge in [-0.1, -0.05) is 13.8 Å². The van der Waals surface area contributed by atoms with E-state index >= 15 is 0 Å². The highest BCUT2D eigenvalue weighted by Gasteiger charge is 2.23. The maximum Gasteiger partial charge on any atom is 0.524 e. The predicted molar refractivity (Wildman–Crippen MR) is 137 cm³/mol. The van der Waals surface area contributed by atoms with Crippen LogP contribution in [-0.4, -0.2) is 59.8 Å². The average molecular weight is 544 g/mol. The molecule has 0 unspecified atom stereocenters. The first kappa shape index (κ1) is 29.5. The average Bonchev–Trinajstić information content (AvgIpc) is 2.76. The highest BCUT2D eigenvalue weighted by molar-refractivity contribution is 7.90. The number of hydrogen-bond donors (Lipinski definition) is 5. The molecule has 14 heteroatoms. The summed E-state index contributed by atoms with van der Waals surface area (Å²) in [6, 6.07) is 4.87. The van der Waals surface area contributed by atoms with E-state index in [1.165, 1.54) is 24.4 Å². The summed E-state index contributed by atoms with van der Waals surface area (Å²) >= 11 is 0. The van der Waals surface area contributed by atoms with E-state index in [1.807, 2.05) is 4.72 Å². The van der Waals surface area contributed by atoms with Crippen LogP contribution in [0, 0.1) is 0 Å². The molecule has 2 rings (SSSR count). The molecule has 0 aliphatic carbocycles. The predicted octanol–water partition coefficient (Wildman–Crippen LogP) is 2.97. The number of nitrogens with one attached hydrogen (secondary N) is 3. The summed E-state index contributed by atoms with van der Waals surface area (Å²) in [6.07, 6.45) is 3.70. The van der Waals surface area contributed by atoms with E-state index in [2.05, 4.69) is 34.4 Å². The summed E-state index contributed by atoms with van der Waals surface area (Å²) < 4.78 is 43.9. The van der Waals surface area contributed by atoms with E-state index in [0.717, 1.165) is 25.8 Å². The number of urea groups is 1. The lowest BCUT2D eigenvalue weighted by Gasteiger charge is -2.19. The number of carbonyl (C=O) groups excluding carboxylic acids is 1. The van der Waals surface area contributed by atoms with E-state index in [9.17, 15) is 27.6 Å². The van der Waals surface area contributed by atoms with Gasteiger partial charge in [-0.05, 0) is 76.2 Å². The topological polar surface area (TPSA) is 170 Å². The van der Waals surface area contributed by atoms with Crippen LogP contribution in [0.2, 0.25) is 0 Å². The van der Waals surface area contributed by atoms with Crippen molar-refractivity contribution in [2.45, 2.75) is 51.5 Å². The number of phosphoric acid groups is 1. The molecule has 0 aliphatic heterocycles. The first-order chi connectivity index (χ1) is 16.8. The van der Waals surface area contributed by atoms with E-state index < -0.39 is 23.9 Å². The molecule has 0 fully saturated rings. The second kappa shape index (κ2) is 13.0. The minimum Gasteiger partial charge on any atom is -0.404 e. The van der Waals surface area contributed by atoms with Crippen LogP contribution in [0.25, 0.3) is 0 Å². The fourth-order valence-electron chi connectivity index (χ4n) is 3.42. The van der Waals surface area contributed by atoms with E-state index in [0.29, 0.717) is 24.1 Å². The molecule has 12 nitrogen and oxygen atoms in total. The molecule has 1 aromatic heterocycles. The fourth-order valence-corrected chi connectivity index (χ4v) is 4.88. The lowest BCUT2D eigenvalue weighted by molar-refractivity contribution is 0.243. The maximum absolute atomic E-state index is 12.8. The first-order valence-electron chi connectivity index (χ1n) is 11.5. The van der Waals surface area contributed by atoms with E-state index in [4.69, 9.17) is 4.52 Å². The molecule has 0 saturated heterocycles. The molecule has 0 saturated carbocycles. The van der Waals surface area contributed by atoms with Gasteiger partial charge >= 0.3 is 13.9 Å². The summed E-state index contributed by atoms with van der Waals surface area (Å²) in [7, 11) is -9.03. The summed E-state index contributed by atoms with van der Waals surface area (Å²) in [5.41, 5.74) is 1.16. The Morgan fingerprint density at radius 2 is 1.89 bits per heavy atom. The molecule has 2 aromatic rings. The van der Waals surface area contributed by atoms with Crippen molar-refractivity contribution in [3.63, 3.8) is 0 Å². The molecule has 0 spiro atoms. The van der Waals surface area contributed by atoms with Crippen LogP contribution in [0.5, 0.6) is 5.75 Å². The minimum atomic E-state index is -4.78. The largest absolute Gasteiger partial charge is 0.524 e. The second-order valence-corrected chi connectivity index (χ2v) is 11.1. The number of pyridine rings is 1. The first-order valence-corrected chi connectivity index (χ1v) is 14.5. The van der Waals surface area contributed by atoms with Crippen molar-refractivity contribution in [2.75, 3.05) is 25.0 Å². The van der Waals surface area contributed by atoms with Crippen LogP contribution in [0.1, 0.15) is 39.7 Å². The third-order valence-electron chi connectivity index (χ3n) is 5.09. The van der Waals surface area contributed by atoms with Gasteiger partial charge in [0.2, 0.25) is 0 Å². The molecule has 5 N–H and O–H groups in total. The van der Waals surface area contributed by atoms with Gasteiger partial charge in [0.05, 0.1) is 5.69 Å². The summed E-state index contributed by atoms with van der Waals surface area (Å²) in [5, 5.41) is 5.45. The summed E-state index contributed by atoms with van der Waals surface area (Å²) in [5.74, 6) is 0.0445. The third-order valence-corrected chi connectivity index (χ3v) is 6.89. The molecule has 36 heavy (non-hydrogen) atoms. The van der Waals surface area contributed by atoms with Crippen molar-refractivity contribution >= 4 is 35.3 Å². The second-order valence-electron chi connectivity index (χ2n) is 8.27. The maximum atomic E-state index is 12.8. The van der Waals surface area contributed by atoms with Crippen LogP contribution in [-0.2, 0) is 21.0 Å². The van der Waals surface area contributed by atoms with Crippen molar-refractivity contribution in [3.8, 4) is 5.75 Å². The Morgan fingerprint density at radius 3 is 2.50 bits per heavy atom. The van der Waals surface area contributed by atoms with Crippen molar-refractivity contribution in [1.82, 2.24) is 19.9 Å². The highest BCUT2D eigenvalue weighted by atomic mass is 32.2. The van der Waals surface area contributed by atoms with E-state index in [-0.39, 0.29) is 22.4 Å². The standard InChI is InChI=1S/C22H34N5O7PS/c1-5-27(6-2)13-7-8-17-14-18(9-10-20(17)34-35(29,30)31)25-19-11-12-23-15-21(19)36(32,33)26-22(28)24-16(3)4/h9-12,14-16H,5-8,13H2,1-4H3,(H,23,25)(H2,24,26,28)(H2,29,30,31). The molecule has 0 radical (unpaired) electrons. The molecule has 0 aliphatic rings. The number of carbonyl (C=O) groups is 1. The van der Waals surface area contributed by atoms with Crippen LogP contribution >= 0.6 is 7.82 Å². The number of benzene rings is 1. The van der Waals surface area contributed by atoms with Crippen LogP contribution in [0.4, 0.5) is 16.2 Å². The Hall–Kier alpha value is -2.70. The van der Waals surface area contributed by atoms with Gasteiger partial charge in [-0.15, -0.1) is 0 Å². The fraction of sp³-hybridized carbons (Fsp3) is 0.455. The third kappa shape index (κ3) is 9.40. The van der Waals surface area contributed by atoms with Gasteiger partial charge in [0.15, 0.2) is 0 Å². The van der Waals surface area contributed by atoms with Gasteiger partial charge in [-0.2, -0.15) is 0 Å². The van der Waals surface area contributed by atoms with Gasteiger partial charge in [0, 0.05) is 24.1 Å². The van der Waals surface area contributed by atoms with Crippen molar-refractivity contribution in [1.29, 1.82) is 0 Å². The highest BCUT2D eigenvalue weighted by Crippen LogP contribution is 2.40. The van der Waals surface area contributed by atoms with Gasteiger partial charge < -0.3 is 20.1 Å². The smallest absolute Gasteiger partial charge is 0.404 e. The minimum absolute atomic E-state index is 0.0445. The Bertz CT molecular complexity index is 1180. The Kier molecular flexibility index (Phi) is 10.7. The van der Waals surface area contributed by atoms with E-state index in [1.54, 1.807) is 19.9 Å². The van der Waals surface area contributed by atoms with Crippen LogP contribution in [0.3, 0.4) is 0 Å². The van der Waals surface area contributed by atoms with Crippen molar-refractivity contribution in [3.05, 3.63) is 42.2 Å². The molecule has 200 valence electrons. The molecular formula is C22H34N5O7PS. The molecular weight excluding hydrogens is 509 g/mol. The zero-order valence-electron chi connectivity index (χ0n) is 20.8. The van der Waals surface area contributed by atoms with Gasteiger partial charge in [-0.3, -0.25) is 14.8 Å². The zero-order chi connectivity index (χ0) is 26.9. The Balaban J connectivity index is 2.33. The number of hydrogen-bond acceptors (Lipinski definition) is 8.